The van der Waals surface area contributed by atoms with E-state index in [1.165, 1.54) is 18.3 Å². The van der Waals surface area contributed by atoms with E-state index in [1.54, 1.807) is 25.1 Å². The quantitative estimate of drug-likeness (QED) is 0.716. The number of rotatable bonds is 3. The number of aromatic nitrogens is 2. The SMILES string of the molecule is Cc1nc(-c2ccc(F)cc2)ncc1C(=O)Nc1ccccc1Br. The number of para-hydroxylation sites is 1. The van der Waals surface area contributed by atoms with E-state index in [1.807, 2.05) is 18.2 Å². The molecule has 1 aromatic heterocycles. The fraction of sp³-hybridized carbons (Fsp3) is 0.0556. The Bertz CT molecular complexity index is 897. The van der Waals surface area contributed by atoms with Crippen LogP contribution in [0, 0.1) is 12.7 Å². The summed E-state index contributed by atoms with van der Waals surface area (Å²) in [5.41, 5.74) is 2.30. The molecule has 3 rings (SSSR count). The number of benzene rings is 2. The van der Waals surface area contributed by atoms with Crippen LogP contribution in [0.1, 0.15) is 16.1 Å². The maximum absolute atomic E-state index is 13.0. The van der Waals surface area contributed by atoms with E-state index in [2.05, 4.69) is 31.2 Å². The molecule has 0 unspecified atom stereocenters. The van der Waals surface area contributed by atoms with Crippen LogP contribution in [0.4, 0.5) is 10.1 Å². The van der Waals surface area contributed by atoms with E-state index in [4.69, 9.17) is 0 Å². The minimum atomic E-state index is -0.320. The molecule has 0 aliphatic heterocycles. The Morgan fingerprint density at radius 1 is 1.12 bits per heavy atom. The first-order valence-corrected chi connectivity index (χ1v) is 7.99. The van der Waals surface area contributed by atoms with Gasteiger partial charge in [0, 0.05) is 16.2 Å². The second kappa shape index (κ2) is 6.88. The average molecular weight is 386 g/mol. The van der Waals surface area contributed by atoms with Gasteiger partial charge in [-0.15, -0.1) is 0 Å². The molecule has 0 saturated heterocycles. The molecule has 2 aromatic carbocycles. The van der Waals surface area contributed by atoms with Gasteiger partial charge < -0.3 is 5.32 Å². The standard InChI is InChI=1S/C18H13BrFN3O/c1-11-14(18(24)23-16-5-3-2-4-15(16)19)10-21-17(22-11)12-6-8-13(20)9-7-12/h2-10H,1H3,(H,23,24). The van der Waals surface area contributed by atoms with Gasteiger partial charge in [-0.2, -0.15) is 0 Å². The third-order valence-electron chi connectivity index (χ3n) is 3.45. The van der Waals surface area contributed by atoms with Crippen molar-refractivity contribution in [2.24, 2.45) is 0 Å². The summed E-state index contributed by atoms with van der Waals surface area (Å²) in [7, 11) is 0. The minimum Gasteiger partial charge on any atom is -0.321 e. The highest BCUT2D eigenvalue weighted by Crippen LogP contribution is 2.22. The zero-order valence-corrected chi connectivity index (χ0v) is 14.3. The van der Waals surface area contributed by atoms with Crippen LogP contribution in [-0.4, -0.2) is 15.9 Å². The summed E-state index contributed by atoms with van der Waals surface area (Å²) < 4.78 is 13.8. The van der Waals surface area contributed by atoms with E-state index in [-0.39, 0.29) is 11.7 Å². The second-order valence-electron chi connectivity index (χ2n) is 5.13. The maximum atomic E-state index is 13.0. The number of anilines is 1. The monoisotopic (exact) mass is 385 g/mol. The van der Waals surface area contributed by atoms with E-state index in [0.717, 1.165) is 4.47 Å². The highest BCUT2D eigenvalue weighted by atomic mass is 79.9. The summed E-state index contributed by atoms with van der Waals surface area (Å²) in [5, 5.41) is 2.82. The lowest BCUT2D eigenvalue weighted by atomic mass is 10.1. The summed E-state index contributed by atoms with van der Waals surface area (Å²) in [6.45, 7) is 1.74. The Kier molecular flexibility index (Phi) is 4.66. The molecular weight excluding hydrogens is 373 g/mol. The fourth-order valence-corrected chi connectivity index (χ4v) is 2.56. The average Bonchev–Trinajstić information content (AvgIpc) is 2.57. The van der Waals surface area contributed by atoms with Gasteiger partial charge in [-0.25, -0.2) is 14.4 Å². The lowest BCUT2D eigenvalue weighted by Gasteiger charge is -2.09. The first-order chi connectivity index (χ1) is 11.5. The summed E-state index contributed by atoms with van der Waals surface area (Å²) in [6.07, 6.45) is 1.48. The van der Waals surface area contributed by atoms with Crippen molar-refractivity contribution in [3.05, 3.63) is 76.3 Å². The molecule has 0 saturated carbocycles. The Morgan fingerprint density at radius 3 is 2.50 bits per heavy atom. The molecule has 0 atom stereocenters. The van der Waals surface area contributed by atoms with Crippen molar-refractivity contribution in [2.45, 2.75) is 6.92 Å². The summed E-state index contributed by atoms with van der Waals surface area (Å²) in [6, 6.07) is 13.2. The van der Waals surface area contributed by atoms with Crippen molar-refractivity contribution in [3.63, 3.8) is 0 Å². The van der Waals surface area contributed by atoms with Crippen molar-refractivity contribution in [1.29, 1.82) is 0 Å². The van der Waals surface area contributed by atoms with Crippen molar-refractivity contribution in [2.75, 3.05) is 5.32 Å². The molecule has 24 heavy (non-hydrogen) atoms. The van der Waals surface area contributed by atoms with Gasteiger partial charge in [-0.3, -0.25) is 4.79 Å². The van der Waals surface area contributed by atoms with Crippen molar-refractivity contribution in [1.82, 2.24) is 9.97 Å². The molecule has 0 aliphatic carbocycles. The molecule has 120 valence electrons. The van der Waals surface area contributed by atoms with E-state index < -0.39 is 0 Å². The molecule has 0 aliphatic rings. The van der Waals surface area contributed by atoms with E-state index in [0.29, 0.717) is 28.3 Å². The maximum Gasteiger partial charge on any atom is 0.259 e. The molecule has 4 nitrogen and oxygen atoms in total. The third kappa shape index (κ3) is 3.49. The van der Waals surface area contributed by atoms with Gasteiger partial charge in [0.1, 0.15) is 5.82 Å². The summed E-state index contributed by atoms with van der Waals surface area (Å²) in [4.78, 5) is 21.0. The van der Waals surface area contributed by atoms with Crippen LogP contribution in [0.25, 0.3) is 11.4 Å². The molecule has 6 heteroatoms. The first-order valence-electron chi connectivity index (χ1n) is 7.20. The zero-order valence-electron chi connectivity index (χ0n) is 12.8. The molecule has 0 spiro atoms. The summed E-state index contributed by atoms with van der Waals surface area (Å²) in [5.74, 6) is -0.157. The number of amides is 1. The minimum absolute atomic E-state index is 0.287. The van der Waals surface area contributed by atoms with Crippen molar-refractivity contribution >= 4 is 27.5 Å². The van der Waals surface area contributed by atoms with Crippen LogP contribution in [0.2, 0.25) is 0 Å². The largest absolute Gasteiger partial charge is 0.321 e. The number of halogens is 2. The van der Waals surface area contributed by atoms with Crippen molar-refractivity contribution < 1.29 is 9.18 Å². The van der Waals surface area contributed by atoms with Gasteiger partial charge >= 0.3 is 0 Å². The van der Waals surface area contributed by atoms with Gasteiger partial charge in [-0.05, 0) is 59.3 Å². The number of nitrogens with one attached hydrogen (secondary N) is 1. The highest BCUT2D eigenvalue weighted by molar-refractivity contribution is 9.10. The number of hydrogen-bond donors (Lipinski definition) is 1. The number of hydrogen-bond acceptors (Lipinski definition) is 3. The molecule has 0 fully saturated rings. The predicted octanol–water partition coefficient (Wildman–Crippen LogP) is 4.61. The van der Waals surface area contributed by atoms with Crippen LogP contribution < -0.4 is 5.32 Å². The second-order valence-corrected chi connectivity index (χ2v) is 5.99. The third-order valence-corrected chi connectivity index (χ3v) is 4.14. The molecule has 1 amide bonds. The topological polar surface area (TPSA) is 54.9 Å². The van der Waals surface area contributed by atoms with Crippen LogP contribution in [0.3, 0.4) is 0 Å². The Morgan fingerprint density at radius 2 is 1.83 bits per heavy atom. The molecule has 1 N–H and O–H groups in total. The van der Waals surface area contributed by atoms with Gasteiger partial charge in [0.15, 0.2) is 5.82 Å². The van der Waals surface area contributed by atoms with Crippen LogP contribution in [0.15, 0.2) is 59.2 Å². The Balaban J connectivity index is 1.86. The van der Waals surface area contributed by atoms with E-state index >= 15 is 0 Å². The highest BCUT2D eigenvalue weighted by Gasteiger charge is 2.14. The van der Waals surface area contributed by atoms with Gasteiger partial charge in [0.2, 0.25) is 0 Å². The Hall–Kier alpha value is -2.60. The summed E-state index contributed by atoms with van der Waals surface area (Å²) >= 11 is 3.39. The first kappa shape index (κ1) is 16.3. The van der Waals surface area contributed by atoms with E-state index in [9.17, 15) is 9.18 Å². The zero-order chi connectivity index (χ0) is 17.1. The number of carbonyl (C=O) groups excluding carboxylic acids is 1. The lowest BCUT2D eigenvalue weighted by Crippen LogP contribution is -2.15. The molecule has 0 radical (unpaired) electrons. The van der Waals surface area contributed by atoms with Gasteiger partial charge in [0.05, 0.1) is 16.9 Å². The lowest BCUT2D eigenvalue weighted by molar-refractivity contribution is 0.102. The van der Waals surface area contributed by atoms with Crippen LogP contribution in [0.5, 0.6) is 0 Å². The van der Waals surface area contributed by atoms with Crippen LogP contribution >= 0.6 is 15.9 Å². The smallest absolute Gasteiger partial charge is 0.259 e. The normalized spacial score (nSPS) is 10.5. The van der Waals surface area contributed by atoms with Gasteiger partial charge in [-0.1, -0.05) is 12.1 Å². The molecule has 0 bridgehead atoms. The predicted molar refractivity (Wildman–Crippen MR) is 94.3 cm³/mol. The van der Waals surface area contributed by atoms with Gasteiger partial charge in [0.25, 0.3) is 5.91 Å². The number of nitrogens with zero attached hydrogens (tertiary/aromatic N) is 2. The molecular formula is C18H13BrFN3O. The Labute approximate surface area is 146 Å². The number of aryl methyl sites for hydroxylation is 1. The van der Waals surface area contributed by atoms with Crippen LogP contribution in [-0.2, 0) is 0 Å². The molecule has 3 aromatic rings. The van der Waals surface area contributed by atoms with Crippen molar-refractivity contribution in [3.8, 4) is 11.4 Å². The number of carbonyl (C=O) groups is 1. The molecule has 1 heterocycles. The fourth-order valence-electron chi connectivity index (χ4n) is 2.18.